The molecule has 168 valence electrons. The zero-order chi connectivity index (χ0) is 22.6. The molecule has 1 N–H and O–H groups in total. The topological polar surface area (TPSA) is 86.8 Å². The molecule has 3 heterocycles. The monoisotopic (exact) mass is 480 g/mol. The molecule has 0 saturated heterocycles. The number of fused-ring (bicyclic) bond motifs is 2. The van der Waals surface area contributed by atoms with Crippen molar-refractivity contribution in [3.63, 3.8) is 0 Å². The van der Waals surface area contributed by atoms with Crippen LogP contribution in [-0.4, -0.2) is 43.2 Å². The third-order valence-corrected chi connectivity index (χ3v) is 7.18. The highest BCUT2D eigenvalue weighted by Crippen LogP contribution is 2.37. The van der Waals surface area contributed by atoms with Crippen molar-refractivity contribution in [3.05, 3.63) is 64.5 Å². The lowest BCUT2D eigenvalue weighted by Crippen LogP contribution is -2.30. The van der Waals surface area contributed by atoms with Gasteiger partial charge in [-0.15, -0.1) is 22.7 Å². The van der Waals surface area contributed by atoms with Crippen LogP contribution >= 0.6 is 22.7 Å². The Labute approximate surface area is 197 Å². The molecular formula is C24H20N2O5S2. The van der Waals surface area contributed by atoms with E-state index in [0.717, 1.165) is 31.4 Å². The molecule has 7 nitrogen and oxygen atoms in total. The fraction of sp³-hybridized carbons (Fsp3) is 0.208. The number of para-hydroxylation sites is 1. The number of aromatic nitrogens is 1. The fourth-order valence-corrected chi connectivity index (χ4v) is 5.25. The number of thiophene rings is 1. The summed E-state index contributed by atoms with van der Waals surface area (Å²) in [6.45, 7) is 1.16. The third-order valence-electron chi connectivity index (χ3n) is 4.97. The Hall–Kier alpha value is -3.43. The van der Waals surface area contributed by atoms with Crippen LogP contribution in [0.1, 0.15) is 14.7 Å². The Morgan fingerprint density at radius 2 is 1.85 bits per heavy atom. The van der Waals surface area contributed by atoms with Gasteiger partial charge >= 0.3 is 5.97 Å². The summed E-state index contributed by atoms with van der Waals surface area (Å²) < 4.78 is 17.5. The Kier molecular flexibility index (Phi) is 6.23. The molecule has 33 heavy (non-hydrogen) atoms. The van der Waals surface area contributed by atoms with E-state index in [2.05, 4.69) is 10.3 Å². The number of hydrogen-bond donors (Lipinski definition) is 1. The highest BCUT2D eigenvalue weighted by atomic mass is 32.1. The summed E-state index contributed by atoms with van der Waals surface area (Å²) in [4.78, 5) is 30.3. The van der Waals surface area contributed by atoms with Crippen molar-refractivity contribution in [3.8, 4) is 21.9 Å². The van der Waals surface area contributed by atoms with Crippen molar-refractivity contribution in [2.45, 2.75) is 6.42 Å². The summed E-state index contributed by atoms with van der Waals surface area (Å²) in [5, 5.41) is 3.73. The van der Waals surface area contributed by atoms with Gasteiger partial charge in [-0.05, 0) is 48.0 Å². The van der Waals surface area contributed by atoms with Crippen molar-refractivity contribution in [2.75, 3.05) is 26.4 Å². The molecule has 0 unspecified atom stereocenters. The zero-order valence-electron chi connectivity index (χ0n) is 17.5. The van der Waals surface area contributed by atoms with Gasteiger partial charge in [-0.2, -0.15) is 0 Å². The predicted molar refractivity (Wildman–Crippen MR) is 127 cm³/mol. The number of benzene rings is 2. The number of esters is 1. The van der Waals surface area contributed by atoms with Gasteiger partial charge in [0.1, 0.15) is 18.1 Å². The Morgan fingerprint density at radius 3 is 2.73 bits per heavy atom. The molecule has 0 spiro atoms. The first-order chi connectivity index (χ1) is 16.2. The van der Waals surface area contributed by atoms with Gasteiger partial charge in [0.15, 0.2) is 18.1 Å². The van der Waals surface area contributed by atoms with Crippen molar-refractivity contribution < 1.29 is 23.8 Å². The minimum absolute atomic E-state index is 0.323. The molecule has 1 amide bonds. The number of carbonyl (C=O) groups is 2. The van der Waals surface area contributed by atoms with E-state index < -0.39 is 5.97 Å². The molecule has 9 heteroatoms. The van der Waals surface area contributed by atoms with Gasteiger partial charge in [0.05, 0.1) is 15.2 Å². The van der Waals surface area contributed by atoms with Gasteiger partial charge < -0.3 is 19.5 Å². The van der Waals surface area contributed by atoms with E-state index in [0.29, 0.717) is 36.8 Å². The van der Waals surface area contributed by atoms with Crippen molar-refractivity contribution in [2.24, 2.45) is 0 Å². The summed E-state index contributed by atoms with van der Waals surface area (Å²) in [6.07, 6.45) is 0.628. The normalized spacial score (nSPS) is 12.5. The molecule has 1 aliphatic heterocycles. The highest BCUT2D eigenvalue weighted by molar-refractivity contribution is 7.18. The van der Waals surface area contributed by atoms with E-state index in [9.17, 15) is 9.59 Å². The molecule has 0 saturated carbocycles. The zero-order valence-corrected chi connectivity index (χ0v) is 19.2. The number of amides is 1. The SMILES string of the molecule is O=C(COC(=O)c1ccc(-c2ccc3c(c2)OCCO3)s1)NCCc1nc2ccccc2s1. The quantitative estimate of drug-likeness (QED) is 0.397. The van der Waals surface area contributed by atoms with Gasteiger partial charge in [0, 0.05) is 17.8 Å². The van der Waals surface area contributed by atoms with E-state index in [1.807, 2.05) is 48.5 Å². The number of hydrogen-bond acceptors (Lipinski definition) is 8. The molecule has 0 aliphatic carbocycles. The van der Waals surface area contributed by atoms with Crippen LogP contribution in [0, 0.1) is 0 Å². The van der Waals surface area contributed by atoms with Crippen LogP contribution in [0.4, 0.5) is 0 Å². The largest absolute Gasteiger partial charge is 0.486 e. The lowest BCUT2D eigenvalue weighted by molar-refractivity contribution is -0.124. The molecule has 4 aromatic rings. The van der Waals surface area contributed by atoms with Gasteiger partial charge in [-0.3, -0.25) is 4.79 Å². The molecule has 0 atom stereocenters. The number of carbonyl (C=O) groups excluding carboxylic acids is 2. The Balaban J connectivity index is 1.10. The van der Waals surface area contributed by atoms with Gasteiger partial charge in [-0.1, -0.05) is 12.1 Å². The average Bonchev–Trinajstić information content (AvgIpc) is 3.49. The molecule has 0 bridgehead atoms. The van der Waals surface area contributed by atoms with Crippen LogP contribution in [0.25, 0.3) is 20.7 Å². The second kappa shape index (κ2) is 9.60. The maximum atomic E-state index is 12.4. The standard InChI is InChI=1S/C24H20N2O5S2/c27-22(25-10-9-23-26-16-3-1-2-4-20(16)33-23)14-31-24(28)21-8-7-19(32-21)15-5-6-17-18(13-15)30-12-11-29-17/h1-8,13H,9-12,14H2,(H,25,27). The minimum Gasteiger partial charge on any atom is -0.486 e. The van der Waals surface area contributed by atoms with Crippen molar-refractivity contribution in [1.82, 2.24) is 10.3 Å². The number of nitrogens with zero attached hydrogens (tertiary/aromatic N) is 1. The molecule has 2 aromatic carbocycles. The Bertz CT molecular complexity index is 1280. The van der Waals surface area contributed by atoms with Crippen LogP contribution in [0.15, 0.2) is 54.6 Å². The second-order valence-corrected chi connectivity index (χ2v) is 9.47. The number of rotatable bonds is 7. The van der Waals surface area contributed by atoms with Crippen molar-refractivity contribution >= 4 is 44.8 Å². The Morgan fingerprint density at radius 1 is 1.00 bits per heavy atom. The molecule has 1 aliphatic rings. The van der Waals surface area contributed by atoms with Crippen LogP contribution in [-0.2, 0) is 16.0 Å². The summed E-state index contributed by atoms with van der Waals surface area (Å²) in [5.41, 5.74) is 1.89. The first kappa shape index (κ1) is 21.4. The van der Waals surface area contributed by atoms with Crippen LogP contribution in [0.3, 0.4) is 0 Å². The number of thiazole rings is 1. The van der Waals surface area contributed by atoms with Crippen LogP contribution in [0.2, 0.25) is 0 Å². The summed E-state index contributed by atoms with van der Waals surface area (Å²) in [6, 6.07) is 17.2. The molecule has 2 aromatic heterocycles. The smallest absolute Gasteiger partial charge is 0.348 e. The third kappa shape index (κ3) is 4.99. The van der Waals surface area contributed by atoms with Gasteiger partial charge in [0.25, 0.3) is 5.91 Å². The van der Waals surface area contributed by atoms with E-state index in [-0.39, 0.29) is 12.5 Å². The van der Waals surface area contributed by atoms with Gasteiger partial charge in [-0.25, -0.2) is 9.78 Å². The fourth-order valence-electron chi connectivity index (χ4n) is 3.39. The maximum Gasteiger partial charge on any atom is 0.348 e. The first-order valence-electron chi connectivity index (χ1n) is 10.4. The molecule has 0 radical (unpaired) electrons. The minimum atomic E-state index is -0.523. The van der Waals surface area contributed by atoms with E-state index in [1.54, 1.807) is 17.4 Å². The summed E-state index contributed by atoms with van der Waals surface area (Å²) >= 11 is 2.92. The lowest BCUT2D eigenvalue weighted by Gasteiger charge is -2.18. The van der Waals surface area contributed by atoms with Crippen LogP contribution < -0.4 is 14.8 Å². The molecule has 0 fully saturated rings. The lowest BCUT2D eigenvalue weighted by atomic mass is 10.1. The van der Waals surface area contributed by atoms with E-state index in [4.69, 9.17) is 14.2 Å². The number of nitrogens with one attached hydrogen (secondary N) is 1. The van der Waals surface area contributed by atoms with E-state index >= 15 is 0 Å². The first-order valence-corrected chi connectivity index (χ1v) is 12.1. The summed E-state index contributed by atoms with van der Waals surface area (Å²) in [7, 11) is 0. The van der Waals surface area contributed by atoms with Crippen LogP contribution in [0.5, 0.6) is 11.5 Å². The number of ether oxygens (including phenoxy) is 3. The maximum absolute atomic E-state index is 12.4. The molecular weight excluding hydrogens is 460 g/mol. The predicted octanol–water partition coefficient (Wildman–Crippen LogP) is 4.31. The second-order valence-electron chi connectivity index (χ2n) is 7.27. The highest BCUT2D eigenvalue weighted by Gasteiger charge is 2.16. The average molecular weight is 481 g/mol. The van der Waals surface area contributed by atoms with Crippen molar-refractivity contribution in [1.29, 1.82) is 0 Å². The summed E-state index contributed by atoms with van der Waals surface area (Å²) in [5.74, 6) is 0.548. The van der Waals surface area contributed by atoms with E-state index in [1.165, 1.54) is 11.3 Å². The van der Waals surface area contributed by atoms with Gasteiger partial charge in [0.2, 0.25) is 0 Å². The molecule has 5 rings (SSSR count).